The lowest BCUT2D eigenvalue weighted by Crippen LogP contribution is -2.47. The van der Waals surface area contributed by atoms with Crippen LogP contribution in [0.5, 0.6) is 0 Å². The number of piperidine rings is 1. The van der Waals surface area contributed by atoms with Gasteiger partial charge < -0.3 is 5.32 Å². The molecule has 0 spiro atoms. The van der Waals surface area contributed by atoms with E-state index in [1.54, 1.807) is 0 Å². The summed E-state index contributed by atoms with van der Waals surface area (Å²) in [6.45, 7) is 11.2. The van der Waals surface area contributed by atoms with Crippen LogP contribution in [0.2, 0.25) is 0 Å². The number of nitrogens with zero attached hydrogens (tertiary/aromatic N) is 2. The van der Waals surface area contributed by atoms with Gasteiger partial charge >= 0.3 is 0 Å². The Morgan fingerprint density at radius 1 is 1.59 bits per heavy atom. The Morgan fingerprint density at radius 3 is 3.00 bits per heavy atom. The van der Waals surface area contributed by atoms with Crippen LogP contribution in [0, 0.1) is 12.8 Å². The van der Waals surface area contributed by atoms with Crippen LogP contribution in [-0.4, -0.2) is 35.6 Å². The number of aryl methyl sites for hydroxylation is 1. The van der Waals surface area contributed by atoms with Gasteiger partial charge in [0.05, 0.1) is 5.01 Å². The van der Waals surface area contributed by atoms with Gasteiger partial charge in [-0.15, -0.1) is 11.3 Å². The Hall–Kier alpha value is -0.450. The van der Waals surface area contributed by atoms with Crippen LogP contribution in [0.15, 0.2) is 6.20 Å². The van der Waals surface area contributed by atoms with Crippen molar-refractivity contribution in [3.63, 3.8) is 0 Å². The van der Waals surface area contributed by atoms with Crippen LogP contribution in [0.1, 0.15) is 30.2 Å². The fourth-order valence-corrected chi connectivity index (χ4v) is 3.48. The van der Waals surface area contributed by atoms with E-state index in [-0.39, 0.29) is 0 Å². The summed E-state index contributed by atoms with van der Waals surface area (Å²) in [5.41, 5.74) is 0. The molecule has 0 aromatic carbocycles. The Labute approximate surface area is 108 Å². The zero-order chi connectivity index (χ0) is 12.3. The number of nitrogens with one attached hydrogen (secondary N) is 1. The molecule has 0 aliphatic carbocycles. The predicted molar refractivity (Wildman–Crippen MR) is 73.4 cm³/mol. The average Bonchev–Trinajstić information content (AvgIpc) is 2.68. The molecule has 96 valence electrons. The average molecular weight is 253 g/mol. The molecule has 1 saturated heterocycles. The second kappa shape index (κ2) is 5.94. The largest absolute Gasteiger partial charge is 0.314 e. The molecule has 4 heteroatoms. The van der Waals surface area contributed by atoms with Crippen molar-refractivity contribution in [2.75, 3.05) is 19.6 Å². The fourth-order valence-electron chi connectivity index (χ4n) is 2.64. The van der Waals surface area contributed by atoms with E-state index in [1.165, 1.54) is 29.4 Å². The summed E-state index contributed by atoms with van der Waals surface area (Å²) in [5.74, 6) is 0.748. The van der Waals surface area contributed by atoms with Gasteiger partial charge in [0.1, 0.15) is 0 Å². The second-order valence-corrected chi connectivity index (χ2v) is 6.33. The number of aromatic nitrogens is 1. The van der Waals surface area contributed by atoms with Crippen molar-refractivity contribution in [2.24, 2.45) is 5.92 Å². The van der Waals surface area contributed by atoms with E-state index in [0.29, 0.717) is 6.04 Å². The number of thiazole rings is 1. The van der Waals surface area contributed by atoms with E-state index in [1.807, 2.05) is 17.5 Å². The molecule has 0 amide bonds. The number of rotatable bonds is 4. The van der Waals surface area contributed by atoms with Crippen LogP contribution >= 0.6 is 11.3 Å². The van der Waals surface area contributed by atoms with Crippen molar-refractivity contribution >= 4 is 11.3 Å². The first kappa shape index (κ1) is 13.0. The van der Waals surface area contributed by atoms with Crippen molar-refractivity contribution in [3.05, 3.63) is 16.1 Å². The summed E-state index contributed by atoms with van der Waals surface area (Å²) in [6.07, 6.45) is 3.30. The van der Waals surface area contributed by atoms with Crippen molar-refractivity contribution in [2.45, 2.75) is 39.8 Å². The molecule has 2 heterocycles. The molecule has 1 fully saturated rings. The summed E-state index contributed by atoms with van der Waals surface area (Å²) in [4.78, 5) is 8.29. The molecule has 2 rings (SSSR count). The molecule has 2 atom stereocenters. The predicted octanol–water partition coefficient (Wildman–Crippen LogP) is 2.27. The van der Waals surface area contributed by atoms with Gasteiger partial charge in [0.25, 0.3) is 0 Å². The van der Waals surface area contributed by atoms with Crippen LogP contribution in [-0.2, 0) is 6.54 Å². The van der Waals surface area contributed by atoms with Crippen LogP contribution < -0.4 is 5.32 Å². The minimum absolute atomic E-state index is 0.708. The smallest absolute Gasteiger partial charge is 0.0897 e. The maximum Gasteiger partial charge on any atom is 0.0897 e. The van der Waals surface area contributed by atoms with Crippen molar-refractivity contribution in [1.82, 2.24) is 15.2 Å². The Balaban J connectivity index is 1.85. The van der Waals surface area contributed by atoms with Gasteiger partial charge in [-0.3, -0.25) is 4.90 Å². The first-order valence-electron chi connectivity index (χ1n) is 6.56. The molecule has 0 bridgehead atoms. The standard InChI is InChI=1S/C13H23N3S/c1-4-14-13-5-6-16(8-10(13)2)9-12-7-15-11(3)17-12/h7,10,13-14H,4-6,8-9H2,1-3H3. The molecule has 1 N–H and O–H groups in total. The van der Waals surface area contributed by atoms with E-state index >= 15 is 0 Å². The van der Waals surface area contributed by atoms with Gasteiger partial charge in [-0.25, -0.2) is 4.98 Å². The molecular weight excluding hydrogens is 230 g/mol. The molecule has 1 aromatic rings. The van der Waals surface area contributed by atoms with Crippen molar-refractivity contribution < 1.29 is 0 Å². The highest BCUT2D eigenvalue weighted by molar-refractivity contribution is 7.11. The fraction of sp³-hybridized carbons (Fsp3) is 0.769. The lowest BCUT2D eigenvalue weighted by atomic mass is 9.94. The highest BCUT2D eigenvalue weighted by Gasteiger charge is 2.25. The minimum Gasteiger partial charge on any atom is -0.314 e. The van der Waals surface area contributed by atoms with Crippen molar-refractivity contribution in [3.8, 4) is 0 Å². The van der Waals surface area contributed by atoms with Gasteiger partial charge in [-0.05, 0) is 25.8 Å². The Bertz CT molecular complexity index is 350. The summed E-state index contributed by atoms with van der Waals surface area (Å²) in [5, 5.41) is 4.76. The van der Waals surface area contributed by atoms with E-state index in [0.717, 1.165) is 19.0 Å². The summed E-state index contributed by atoms with van der Waals surface area (Å²) < 4.78 is 0. The highest BCUT2D eigenvalue weighted by atomic mass is 32.1. The van der Waals surface area contributed by atoms with Crippen LogP contribution in [0.25, 0.3) is 0 Å². The zero-order valence-corrected chi connectivity index (χ0v) is 11.9. The molecule has 0 saturated carbocycles. The molecular formula is C13H23N3S. The first-order valence-corrected chi connectivity index (χ1v) is 7.37. The molecule has 3 nitrogen and oxygen atoms in total. The first-order chi connectivity index (χ1) is 8.19. The molecule has 17 heavy (non-hydrogen) atoms. The molecule has 0 radical (unpaired) electrons. The highest BCUT2D eigenvalue weighted by Crippen LogP contribution is 2.21. The third kappa shape index (κ3) is 3.50. The van der Waals surface area contributed by atoms with Gasteiger partial charge in [0, 0.05) is 36.8 Å². The third-order valence-corrected chi connectivity index (χ3v) is 4.40. The van der Waals surface area contributed by atoms with Gasteiger partial charge in [0.15, 0.2) is 0 Å². The molecule has 1 aliphatic heterocycles. The third-order valence-electron chi connectivity index (χ3n) is 3.50. The lowest BCUT2D eigenvalue weighted by Gasteiger charge is -2.37. The maximum absolute atomic E-state index is 4.33. The van der Waals surface area contributed by atoms with Gasteiger partial charge in [-0.2, -0.15) is 0 Å². The molecule has 1 aliphatic rings. The summed E-state index contributed by atoms with van der Waals surface area (Å²) in [6, 6.07) is 0.708. The monoisotopic (exact) mass is 253 g/mol. The van der Waals surface area contributed by atoms with Crippen LogP contribution in [0.4, 0.5) is 0 Å². The van der Waals surface area contributed by atoms with Crippen molar-refractivity contribution in [1.29, 1.82) is 0 Å². The molecule has 1 aromatic heterocycles. The number of likely N-dealkylation sites (tertiary alicyclic amines) is 1. The topological polar surface area (TPSA) is 28.2 Å². The maximum atomic E-state index is 4.33. The van der Waals surface area contributed by atoms with E-state index in [9.17, 15) is 0 Å². The van der Waals surface area contributed by atoms with Gasteiger partial charge in [-0.1, -0.05) is 13.8 Å². The lowest BCUT2D eigenvalue weighted by molar-refractivity contribution is 0.143. The SMILES string of the molecule is CCNC1CCN(Cc2cnc(C)s2)CC1C. The van der Waals surface area contributed by atoms with E-state index < -0.39 is 0 Å². The number of hydrogen-bond donors (Lipinski definition) is 1. The van der Waals surface area contributed by atoms with Crippen LogP contribution in [0.3, 0.4) is 0 Å². The normalized spacial score (nSPS) is 26.3. The quantitative estimate of drug-likeness (QED) is 0.892. The minimum atomic E-state index is 0.708. The van der Waals surface area contributed by atoms with E-state index in [4.69, 9.17) is 0 Å². The zero-order valence-electron chi connectivity index (χ0n) is 11.1. The Kier molecular flexibility index (Phi) is 4.54. The molecule has 2 unspecified atom stereocenters. The van der Waals surface area contributed by atoms with Gasteiger partial charge in [0.2, 0.25) is 0 Å². The second-order valence-electron chi connectivity index (χ2n) is 5.01. The number of hydrogen-bond acceptors (Lipinski definition) is 4. The summed E-state index contributed by atoms with van der Waals surface area (Å²) >= 11 is 1.83. The van der Waals surface area contributed by atoms with E-state index in [2.05, 4.69) is 36.0 Å². The Morgan fingerprint density at radius 2 is 2.41 bits per heavy atom. The summed E-state index contributed by atoms with van der Waals surface area (Å²) in [7, 11) is 0.